The highest BCUT2D eigenvalue weighted by molar-refractivity contribution is 9.10. The number of carboxylic acid groups (broad SMARTS) is 1. The summed E-state index contributed by atoms with van der Waals surface area (Å²) in [7, 11) is 0. The average Bonchev–Trinajstić information content (AvgIpc) is 2.26. The van der Waals surface area contributed by atoms with Crippen molar-refractivity contribution in [2.24, 2.45) is 0 Å². The smallest absolute Gasteiger partial charge is 0.409 e. The normalized spacial score (nSPS) is 10.8. The van der Waals surface area contributed by atoms with Crippen molar-refractivity contribution in [1.82, 2.24) is 5.32 Å². The zero-order chi connectivity index (χ0) is 15.3. The largest absolute Gasteiger partial charge is 0.465 e. The number of alkyl carbamates (subject to hydrolysis) is 1. The molecule has 1 rings (SSSR count). The van der Waals surface area contributed by atoms with Crippen LogP contribution in [0.3, 0.4) is 0 Å². The third-order valence-electron chi connectivity index (χ3n) is 2.13. The Morgan fingerprint density at radius 3 is 2.55 bits per heavy atom. The van der Waals surface area contributed by atoms with E-state index in [0.29, 0.717) is 11.3 Å². The first-order valence-corrected chi connectivity index (χ1v) is 6.72. The summed E-state index contributed by atoms with van der Waals surface area (Å²) in [6, 6.07) is 5.05. The highest BCUT2D eigenvalue weighted by Crippen LogP contribution is 2.21. The van der Waals surface area contributed by atoms with E-state index in [1.54, 1.807) is 39.0 Å². The average molecular weight is 345 g/mol. The summed E-state index contributed by atoms with van der Waals surface area (Å²) in [5.74, 6) is 0. The van der Waals surface area contributed by atoms with Gasteiger partial charge in [-0.15, -0.1) is 0 Å². The van der Waals surface area contributed by atoms with Crippen LogP contribution >= 0.6 is 15.9 Å². The molecule has 110 valence electrons. The number of anilines is 1. The molecule has 3 N–H and O–H groups in total. The van der Waals surface area contributed by atoms with E-state index in [1.165, 1.54) is 0 Å². The summed E-state index contributed by atoms with van der Waals surface area (Å²) in [6.07, 6.45) is -1.72. The number of amides is 2. The van der Waals surface area contributed by atoms with Gasteiger partial charge in [-0.25, -0.2) is 9.59 Å². The van der Waals surface area contributed by atoms with Crippen LogP contribution in [0.25, 0.3) is 0 Å². The van der Waals surface area contributed by atoms with E-state index in [9.17, 15) is 9.59 Å². The predicted octanol–water partition coefficient (Wildman–Crippen LogP) is 3.56. The maximum Gasteiger partial charge on any atom is 0.409 e. The van der Waals surface area contributed by atoms with Gasteiger partial charge >= 0.3 is 12.2 Å². The van der Waals surface area contributed by atoms with Gasteiger partial charge in [0.15, 0.2) is 0 Å². The Bertz CT molecular complexity index is 512. The lowest BCUT2D eigenvalue weighted by atomic mass is 10.2. The molecular formula is C13H17BrN2O4. The second-order valence-corrected chi connectivity index (χ2v) is 6.00. The molecular weight excluding hydrogens is 328 g/mol. The standard InChI is InChI=1S/C13H17BrN2O4/c1-13(2,3)20-12(19)15-7-8-6-9(14)4-5-10(8)16-11(17)18/h4-6,16H,7H2,1-3H3,(H,15,19)(H,17,18). The number of nitrogens with one attached hydrogen (secondary N) is 2. The first-order chi connectivity index (χ1) is 9.17. The molecule has 0 aliphatic rings. The van der Waals surface area contributed by atoms with Gasteiger partial charge in [0.25, 0.3) is 0 Å². The molecule has 0 unspecified atom stereocenters. The highest BCUT2D eigenvalue weighted by Gasteiger charge is 2.16. The maximum absolute atomic E-state index is 11.6. The van der Waals surface area contributed by atoms with Gasteiger partial charge in [0, 0.05) is 16.7 Å². The molecule has 0 saturated carbocycles. The Morgan fingerprint density at radius 1 is 1.35 bits per heavy atom. The number of benzene rings is 1. The first kappa shape index (κ1) is 16.3. The summed E-state index contributed by atoms with van der Waals surface area (Å²) in [4.78, 5) is 22.3. The maximum atomic E-state index is 11.6. The molecule has 0 radical (unpaired) electrons. The third-order valence-corrected chi connectivity index (χ3v) is 2.62. The molecule has 6 nitrogen and oxygen atoms in total. The highest BCUT2D eigenvalue weighted by atomic mass is 79.9. The molecule has 0 heterocycles. The van der Waals surface area contributed by atoms with E-state index in [4.69, 9.17) is 9.84 Å². The van der Waals surface area contributed by atoms with Crippen molar-refractivity contribution in [3.8, 4) is 0 Å². The minimum absolute atomic E-state index is 0.157. The minimum Gasteiger partial charge on any atom is -0.465 e. The van der Waals surface area contributed by atoms with Gasteiger partial charge in [0.05, 0.1) is 0 Å². The van der Waals surface area contributed by atoms with Crippen LogP contribution in [0.2, 0.25) is 0 Å². The van der Waals surface area contributed by atoms with Crippen LogP contribution in [0.1, 0.15) is 26.3 Å². The molecule has 0 spiro atoms. The van der Waals surface area contributed by atoms with Crippen molar-refractivity contribution in [1.29, 1.82) is 0 Å². The van der Waals surface area contributed by atoms with Crippen molar-refractivity contribution in [3.05, 3.63) is 28.2 Å². The van der Waals surface area contributed by atoms with Gasteiger partial charge in [0.1, 0.15) is 5.60 Å². The number of hydrogen-bond donors (Lipinski definition) is 3. The van der Waals surface area contributed by atoms with E-state index in [2.05, 4.69) is 26.6 Å². The molecule has 1 aromatic carbocycles. The van der Waals surface area contributed by atoms with E-state index in [1.807, 2.05) is 0 Å². The lowest BCUT2D eigenvalue weighted by molar-refractivity contribution is 0.0523. The van der Waals surface area contributed by atoms with E-state index in [0.717, 1.165) is 4.47 Å². The predicted molar refractivity (Wildman–Crippen MR) is 78.9 cm³/mol. The van der Waals surface area contributed by atoms with Crippen LogP contribution in [-0.4, -0.2) is 22.9 Å². The molecule has 0 aromatic heterocycles. The number of carbonyl (C=O) groups excluding carboxylic acids is 1. The summed E-state index contributed by atoms with van der Waals surface area (Å²) < 4.78 is 5.90. The zero-order valence-corrected chi connectivity index (χ0v) is 13.1. The molecule has 7 heteroatoms. The topological polar surface area (TPSA) is 87.7 Å². The fourth-order valence-corrected chi connectivity index (χ4v) is 1.84. The van der Waals surface area contributed by atoms with Crippen molar-refractivity contribution in [2.75, 3.05) is 5.32 Å². The fraction of sp³-hybridized carbons (Fsp3) is 0.385. The van der Waals surface area contributed by atoms with E-state index >= 15 is 0 Å². The van der Waals surface area contributed by atoms with Gasteiger partial charge < -0.3 is 15.2 Å². The molecule has 0 bridgehead atoms. The quantitative estimate of drug-likeness (QED) is 0.782. The molecule has 20 heavy (non-hydrogen) atoms. The number of carbonyl (C=O) groups is 2. The Balaban J connectivity index is 2.73. The van der Waals surface area contributed by atoms with Gasteiger partial charge in [-0.05, 0) is 44.5 Å². The summed E-state index contributed by atoms with van der Waals surface area (Å²) in [5.41, 5.74) is 0.466. The molecule has 0 aliphatic carbocycles. The Kier molecular flexibility index (Phi) is 5.38. The molecule has 2 amide bonds. The van der Waals surface area contributed by atoms with Crippen molar-refractivity contribution in [2.45, 2.75) is 32.9 Å². The SMILES string of the molecule is CC(C)(C)OC(=O)NCc1cc(Br)ccc1NC(=O)O. The van der Waals surface area contributed by atoms with Crippen LogP contribution in [0.5, 0.6) is 0 Å². The summed E-state index contributed by atoms with van der Waals surface area (Å²) in [6.45, 7) is 5.46. The van der Waals surface area contributed by atoms with E-state index < -0.39 is 17.8 Å². The molecule has 0 fully saturated rings. The Labute approximate surface area is 125 Å². The van der Waals surface area contributed by atoms with Crippen molar-refractivity contribution < 1.29 is 19.4 Å². The second kappa shape index (κ2) is 6.60. The van der Waals surface area contributed by atoms with Crippen LogP contribution in [0, 0.1) is 0 Å². The second-order valence-electron chi connectivity index (χ2n) is 5.09. The number of hydrogen-bond acceptors (Lipinski definition) is 3. The molecule has 0 saturated heterocycles. The monoisotopic (exact) mass is 344 g/mol. The van der Waals surface area contributed by atoms with Gasteiger partial charge in [-0.3, -0.25) is 5.32 Å². The number of halogens is 1. The van der Waals surface area contributed by atoms with Crippen LogP contribution in [0.15, 0.2) is 22.7 Å². The Hall–Kier alpha value is -1.76. The lowest BCUT2D eigenvalue weighted by Crippen LogP contribution is -2.32. The van der Waals surface area contributed by atoms with Crippen molar-refractivity contribution >= 4 is 33.8 Å². The molecule has 0 aliphatic heterocycles. The van der Waals surface area contributed by atoms with Gasteiger partial charge in [-0.1, -0.05) is 15.9 Å². The number of rotatable bonds is 3. The lowest BCUT2D eigenvalue weighted by Gasteiger charge is -2.20. The molecule has 1 aromatic rings. The Morgan fingerprint density at radius 2 is 2.00 bits per heavy atom. The summed E-state index contributed by atoms with van der Waals surface area (Å²) in [5, 5.41) is 13.6. The molecule has 0 atom stereocenters. The van der Waals surface area contributed by atoms with E-state index in [-0.39, 0.29) is 6.54 Å². The fourth-order valence-electron chi connectivity index (χ4n) is 1.43. The van der Waals surface area contributed by atoms with Crippen LogP contribution in [0.4, 0.5) is 15.3 Å². The van der Waals surface area contributed by atoms with Crippen molar-refractivity contribution in [3.63, 3.8) is 0 Å². The minimum atomic E-state index is -1.16. The van der Waals surface area contributed by atoms with Crippen LogP contribution < -0.4 is 10.6 Å². The van der Waals surface area contributed by atoms with Crippen LogP contribution in [-0.2, 0) is 11.3 Å². The summed E-state index contributed by atoms with van der Waals surface area (Å²) >= 11 is 3.30. The third kappa shape index (κ3) is 5.92. The first-order valence-electron chi connectivity index (χ1n) is 5.92. The van der Waals surface area contributed by atoms with Gasteiger partial charge in [-0.2, -0.15) is 0 Å². The zero-order valence-electron chi connectivity index (χ0n) is 11.5. The van der Waals surface area contributed by atoms with Gasteiger partial charge in [0.2, 0.25) is 0 Å². The number of ether oxygens (including phenoxy) is 1.